The Morgan fingerprint density at radius 3 is 2.38 bits per heavy atom. The van der Waals surface area contributed by atoms with Gasteiger partial charge in [0.15, 0.2) is 0 Å². The molecule has 1 saturated carbocycles. The normalized spacial score (nSPS) is 36.2. The standard InChI is InChI=1S/C20H34N2O3S/c1-19(2)11-13-14(18(24)25-5)17(26-15(13)20(3,4)22-19)21-16(23)12-9-7-6-8-10-12/h12-15,17,22H,6-11H2,1-5H3,(H,21,23). The summed E-state index contributed by atoms with van der Waals surface area (Å²) < 4.78 is 5.15. The van der Waals surface area contributed by atoms with Gasteiger partial charge in [-0.05, 0) is 52.9 Å². The van der Waals surface area contributed by atoms with Gasteiger partial charge >= 0.3 is 5.97 Å². The van der Waals surface area contributed by atoms with E-state index < -0.39 is 0 Å². The highest BCUT2D eigenvalue weighted by Gasteiger charge is 2.58. The van der Waals surface area contributed by atoms with Crippen LogP contribution in [0.2, 0.25) is 0 Å². The Morgan fingerprint density at radius 1 is 1.12 bits per heavy atom. The lowest BCUT2D eigenvalue weighted by Crippen LogP contribution is -2.64. The summed E-state index contributed by atoms with van der Waals surface area (Å²) in [6.45, 7) is 8.80. The van der Waals surface area contributed by atoms with Crippen LogP contribution in [-0.2, 0) is 14.3 Å². The maximum Gasteiger partial charge on any atom is 0.311 e. The first-order valence-corrected chi connectivity index (χ1v) is 10.9. The van der Waals surface area contributed by atoms with Gasteiger partial charge in [-0.25, -0.2) is 0 Å². The number of ether oxygens (including phenoxy) is 1. The number of methoxy groups -OCH3 is 1. The van der Waals surface area contributed by atoms with Crippen molar-refractivity contribution in [3.63, 3.8) is 0 Å². The van der Waals surface area contributed by atoms with E-state index in [4.69, 9.17) is 4.74 Å². The third kappa shape index (κ3) is 3.91. The predicted octanol–water partition coefficient (Wildman–Crippen LogP) is 3.08. The number of hydrogen-bond donors (Lipinski definition) is 2. The van der Waals surface area contributed by atoms with Gasteiger partial charge in [-0.2, -0.15) is 0 Å². The largest absolute Gasteiger partial charge is 0.469 e. The third-order valence-corrected chi connectivity index (χ3v) is 8.26. The molecule has 3 fully saturated rings. The van der Waals surface area contributed by atoms with Gasteiger partial charge in [0, 0.05) is 22.2 Å². The lowest BCUT2D eigenvalue weighted by Gasteiger charge is -2.50. The molecular formula is C20H34N2O3S. The topological polar surface area (TPSA) is 67.4 Å². The van der Waals surface area contributed by atoms with Crippen molar-refractivity contribution in [1.82, 2.24) is 10.6 Å². The van der Waals surface area contributed by atoms with Crippen LogP contribution < -0.4 is 10.6 Å². The van der Waals surface area contributed by atoms with E-state index in [1.165, 1.54) is 13.5 Å². The highest BCUT2D eigenvalue weighted by molar-refractivity contribution is 8.00. The summed E-state index contributed by atoms with van der Waals surface area (Å²) >= 11 is 1.75. The number of hydrogen-bond acceptors (Lipinski definition) is 5. The minimum absolute atomic E-state index is 0.0419. The number of rotatable bonds is 3. The molecule has 148 valence electrons. The fraction of sp³-hybridized carbons (Fsp3) is 0.900. The van der Waals surface area contributed by atoms with E-state index in [1.54, 1.807) is 11.8 Å². The number of nitrogens with one attached hydrogen (secondary N) is 2. The van der Waals surface area contributed by atoms with Crippen molar-refractivity contribution in [3.8, 4) is 0 Å². The molecule has 4 unspecified atom stereocenters. The van der Waals surface area contributed by atoms with Crippen molar-refractivity contribution in [1.29, 1.82) is 0 Å². The zero-order valence-electron chi connectivity index (χ0n) is 16.8. The smallest absolute Gasteiger partial charge is 0.311 e. The molecule has 0 bridgehead atoms. The maximum atomic E-state index is 12.8. The third-order valence-electron chi connectivity index (χ3n) is 6.32. The summed E-state index contributed by atoms with van der Waals surface area (Å²) in [4.78, 5) is 25.5. The van der Waals surface area contributed by atoms with Crippen molar-refractivity contribution < 1.29 is 14.3 Å². The Kier molecular flexibility index (Phi) is 5.65. The molecule has 0 spiro atoms. The SMILES string of the molecule is COC(=O)C1C(NC(=O)C2CCCCC2)SC2C1CC(C)(C)NC2(C)C. The van der Waals surface area contributed by atoms with Gasteiger partial charge in [0.1, 0.15) is 0 Å². The average Bonchev–Trinajstić information content (AvgIpc) is 2.91. The number of amides is 1. The summed E-state index contributed by atoms with van der Waals surface area (Å²) in [5, 5.41) is 7.04. The van der Waals surface area contributed by atoms with E-state index >= 15 is 0 Å². The summed E-state index contributed by atoms with van der Waals surface area (Å²) in [5.74, 6) is -0.0291. The summed E-state index contributed by atoms with van der Waals surface area (Å²) in [6.07, 6.45) is 6.34. The lowest BCUT2D eigenvalue weighted by atomic mass is 9.70. The molecule has 1 aliphatic carbocycles. The number of carbonyl (C=O) groups excluding carboxylic acids is 2. The molecule has 0 aromatic heterocycles. The van der Waals surface area contributed by atoms with Crippen LogP contribution in [0.1, 0.15) is 66.2 Å². The quantitative estimate of drug-likeness (QED) is 0.734. The van der Waals surface area contributed by atoms with E-state index in [-0.39, 0.29) is 51.3 Å². The molecule has 2 saturated heterocycles. The highest BCUT2D eigenvalue weighted by Crippen LogP contribution is 2.53. The zero-order chi connectivity index (χ0) is 19.1. The molecule has 4 atom stereocenters. The second-order valence-corrected chi connectivity index (χ2v) is 10.8. The van der Waals surface area contributed by atoms with E-state index in [9.17, 15) is 9.59 Å². The number of esters is 1. The molecular weight excluding hydrogens is 348 g/mol. The van der Waals surface area contributed by atoms with Crippen LogP contribution in [-0.4, -0.2) is 40.7 Å². The van der Waals surface area contributed by atoms with Crippen molar-refractivity contribution in [2.45, 2.75) is 87.9 Å². The van der Waals surface area contributed by atoms with Crippen molar-refractivity contribution in [2.24, 2.45) is 17.8 Å². The maximum absolute atomic E-state index is 12.8. The van der Waals surface area contributed by atoms with Gasteiger partial charge in [0.05, 0.1) is 18.4 Å². The van der Waals surface area contributed by atoms with Gasteiger partial charge in [-0.15, -0.1) is 11.8 Å². The van der Waals surface area contributed by atoms with Gasteiger partial charge in [0.25, 0.3) is 0 Å². The predicted molar refractivity (Wildman–Crippen MR) is 105 cm³/mol. The summed E-state index contributed by atoms with van der Waals surface area (Å²) in [5.41, 5.74) is -0.145. The first kappa shape index (κ1) is 20.0. The molecule has 3 aliphatic rings. The molecule has 6 heteroatoms. The van der Waals surface area contributed by atoms with E-state index in [2.05, 4.69) is 38.3 Å². The van der Waals surface area contributed by atoms with E-state index in [1.807, 2.05) is 0 Å². The van der Waals surface area contributed by atoms with Crippen LogP contribution in [0.4, 0.5) is 0 Å². The van der Waals surface area contributed by atoms with Gasteiger partial charge in [-0.3, -0.25) is 9.59 Å². The van der Waals surface area contributed by atoms with Crippen molar-refractivity contribution >= 4 is 23.6 Å². The minimum atomic E-state index is -0.275. The zero-order valence-corrected chi connectivity index (χ0v) is 17.6. The van der Waals surface area contributed by atoms with Gasteiger partial charge in [0.2, 0.25) is 5.91 Å². The Bertz CT molecular complexity index is 557. The molecule has 2 aliphatic heterocycles. The molecule has 2 heterocycles. The van der Waals surface area contributed by atoms with Crippen LogP contribution in [0.25, 0.3) is 0 Å². The summed E-state index contributed by atoms with van der Waals surface area (Å²) in [7, 11) is 1.46. The molecule has 26 heavy (non-hydrogen) atoms. The highest BCUT2D eigenvalue weighted by atomic mass is 32.2. The Labute approximate surface area is 161 Å². The molecule has 0 aromatic rings. The van der Waals surface area contributed by atoms with Crippen molar-refractivity contribution in [3.05, 3.63) is 0 Å². The first-order chi connectivity index (χ1) is 12.1. The Balaban J connectivity index is 1.80. The first-order valence-electron chi connectivity index (χ1n) is 9.98. The minimum Gasteiger partial charge on any atom is -0.469 e. The molecule has 2 N–H and O–H groups in total. The monoisotopic (exact) mass is 382 g/mol. The van der Waals surface area contributed by atoms with E-state index in [0.717, 1.165) is 32.1 Å². The van der Waals surface area contributed by atoms with E-state index in [0.29, 0.717) is 0 Å². The fourth-order valence-electron chi connectivity index (χ4n) is 5.46. The van der Waals surface area contributed by atoms with Crippen LogP contribution in [0.3, 0.4) is 0 Å². The number of thioether (sulfide) groups is 1. The average molecular weight is 383 g/mol. The number of fused-ring (bicyclic) bond motifs is 1. The molecule has 0 aromatic carbocycles. The second kappa shape index (κ2) is 7.34. The van der Waals surface area contributed by atoms with Crippen LogP contribution in [0.15, 0.2) is 0 Å². The molecule has 5 nitrogen and oxygen atoms in total. The van der Waals surface area contributed by atoms with Gasteiger partial charge in [-0.1, -0.05) is 19.3 Å². The number of piperidine rings is 1. The number of carbonyl (C=O) groups is 2. The lowest BCUT2D eigenvalue weighted by molar-refractivity contribution is -0.148. The van der Waals surface area contributed by atoms with Gasteiger partial charge < -0.3 is 15.4 Å². The van der Waals surface area contributed by atoms with Crippen LogP contribution in [0.5, 0.6) is 0 Å². The molecule has 0 radical (unpaired) electrons. The molecule has 1 amide bonds. The second-order valence-electron chi connectivity index (χ2n) is 9.47. The Hall–Kier alpha value is -0.750. The van der Waals surface area contributed by atoms with Crippen molar-refractivity contribution in [2.75, 3.05) is 7.11 Å². The fourth-order valence-corrected chi connectivity index (χ4v) is 7.31. The molecule has 3 rings (SSSR count). The Morgan fingerprint density at radius 2 is 1.77 bits per heavy atom. The van der Waals surface area contributed by atoms with Crippen LogP contribution >= 0.6 is 11.8 Å². The van der Waals surface area contributed by atoms with Crippen LogP contribution in [0, 0.1) is 17.8 Å². The summed E-state index contributed by atoms with van der Waals surface area (Å²) in [6, 6.07) is 0.